The number of piperidine rings is 1. The number of amides is 2. The number of carbonyl (C=O) groups excluding carboxylic acids is 2. The van der Waals surface area contributed by atoms with Crippen LogP contribution in [0.25, 0.3) is 0 Å². The first-order valence-corrected chi connectivity index (χ1v) is 5.68. The number of rotatable bonds is 2. The lowest BCUT2D eigenvalue weighted by molar-refractivity contribution is -0.146. The fraction of sp³-hybridized carbons (Fsp3) is 0.727. The molecule has 102 valence electrons. The molecule has 1 saturated heterocycles. The van der Waals surface area contributed by atoms with E-state index in [-0.39, 0.29) is 18.9 Å². The van der Waals surface area contributed by atoms with Gasteiger partial charge in [-0.2, -0.15) is 0 Å². The standard InChI is InChI=1S/C11H18N2O5/c1-11(2,3)18-10(17)13-7-5-12-8(14)4-6(7)9(15)16/h6-7H,4-5H2,1-3H3,(H,12,14)(H,13,17)(H,15,16). The van der Waals surface area contributed by atoms with Crippen molar-refractivity contribution in [2.75, 3.05) is 6.54 Å². The third-order valence-electron chi connectivity index (χ3n) is 2.43. The molecule has 0 aromatic heterocycles. The van der Waals surface area contributed by atoms with E-state index >= 15 is 0 Å². The lowest BCUT2D eigenvalue weighted by atomic mass is 9.92. The third kappa shape index (κ3) is 4.23. The maximum atomic E-state index is 11.5. The van der Waals surface area contributed by atoms with E-state index in [0.717, 1.165) is 0 Å². The Morgan fingerprint density at radius 3 is 2.56 bits per heavy atom. The summed E-state index contributed by atoms with van der Waals surface area (Å²) in [5, 5.41) is 14.0. The van der Waals surface area contributed by atoms with Crippen LogP contribution in [-0.4, -0.2) is 41.3 Å². The van der Waals surface area contributed by atoms with Crippen LogP contribution in [0.4, 0.5) is 4.79 Å². The summed E-state index contributed by atoms with van der Waals surface area (Å²) in [5.41, 5.74) is -0.652. The first-order valence-electron chi connectivity index (χ1n) is 5.68. The molecule has 0 aromatic rings. The van der Waals surface area contributed by atoms with Crippen LogP contribution < -0.4 is 10.6 Å². The molecule has 2 amide bonds. The zero-order valence-corrected chi connectivity index (χ0v) is 10.6. The van der Waals surface area contributed by atoms with Gasteiger partial charge in [-0.15, -0.1) is 0 Å². The maximum Gasteiger partial charge on any atom is 0.407 e. The monoisotopic (exact) mass is 258 g/mol. The highest BCUT2D eigenvalue weighted by Crippen LogP contribution is 2.15. The van der Waals surface area contributed by atoms with Crippen LogP contribution in [-0.2, 0) is 14.3 Å². The molecule has 0 spiro atoms. The van der Waals surface area contributed by atoms with E-state index in [0.29, 0.717) is 0 Å². The Labute approximate surface area is 105 Å². The average molecular weight is 258 g/mol. The van der Waals surface area contributed by atoms with Crippen LogP contribution in [0.1, 0.15) is 27.2 Å². The summed E-state index contributed by atoms with van der Waals surface area (Å²) >= 11 is 0. The molecule has 0 aromatic carbocycles. The van der Waals surface area contributed by atoms with E-state index in [9.17, 15) is 14.4 Å². The van der Waals surface area contributed by atoms with Gasteiger partial charge in [0.2, 0.25) is 5.91 Å². The van der Waals surface area contributed by atoms with Gasteiger partial charge in [0.1, 0.15) is 5.60 Å². The van der Waals surface area contributed by atoms with Gasteiger partial charge in [0, 0.05) is 13.0 Å². The third-order valence-corrected chi connectivity index (χ3v) is 2.43. The molecule has 7 nitrogen and oxygen atoms in total. The van der Waals surface area contributed by atoms with Crippen LogP contribution in [0.2, 0.25) is 0 Å². The molecule has 2 atom stereocenters. The van der Waals surface area contributed by atoms with Crippen molar-refractivity contribution in [3.63, 3.8) is 0 Å². The van der Waals surface area contributed by atoms with Crippen molar-refractivity contribution in [1.29, 1.82) is 0 Å². The highest BCUT2D eigenvalue weighted by Gasteiger charge is 2.36. The number of hydrogen-bond acceptors (Lipinski definition) is 4. The minimum atomic E-state index is -1.11. The van der Waals surface area contributed by atoms with Crippen molar-refractivity contribution in [2.45, 2.75) is 38.8 Å². The van der Waals surface area contributed by atoms with Crippen molar-refractivity contribution >= 4 is 18.0 Å². The Morgan fingerprint density at radius 2 is 2.06 bits per heavy atom. The molecule has 1 aliphatic heterocycles. The Kier molecular flexibility index (Phi) is 4.15. The molecular formula is C11H18N2O5. The number of carboxylic acid groups (broad SMARTS) is 1. The number of nitrogens with one attached hydrogen (secondary N) is 2. The molecule has 7 heteroatoms. The quantitative estimate of drug-likeness (QED) is 0.651. The molecule has 1 rings (SSSR count). The first kappa shape index (κ1) is 14.3. The second kappa shape index (κ2) is 5.24. The Hall–Kier alpha value is -1.79. The molecule has 0 aliphatic carbocycles. The van der Waals surface area contributed by atoms with Crippen LogP contribution in [0.5, 0.6) is 0 Å². The topological polar surface area (TPSA) is 105 Å². The van der Waals surface area contributed by atoms with Crippen molar-refractivity contribution in [3.8, 4) is 0 Å². The second-order valence-electron chi connectivity index (χ2n) is 5.21. The average Bonchev–Trinajstić information content (AvgIpc) is 2.17. The van der Waals surface area contributed by atoms with Gasteiger partial charge in [0.05, 0.1) is 12.0 Å². The normalized spacial score (nSPS) is 24.1. The summed E-state index contributed by atoms with van der Waals surface area (Å²) in [6.45, 7) is 5.23. The SMILES string of the molecule is CC(C)(C)OC(=O)NC1CNC(=O)CC1C(=O)O. The van der Waals surface area contributed by atoms with Gasteiger partial charge in [-0.1, -0.05) is 0 Å². The van der Waals surface area contributed by atoms with Gasteiger partial charge in [-0.25, -0.2) is 4.79 Å². The van der Waals surface area contributed by atoms with Crippen LogP contribution in [0.15, 0.2) is 0 Å². The number of ether oxygens (including phenoxy) is 1. The van der Waals surface area contributed by atoms with Gasteiger partial charge >= 0.3 is 12.1 Å². The minimum absolute atomic E-state index is 0.0923. The fourth-order valence-corrected chi connectivity index (χ4v) is 1.65. The highest BCUT2D eigenvalue weighted by molar-refractivity contribution is 5.85. The zero-order chi connectivity index (χ0) is 13.9. The molecular weight excluding hydrogens is 240 g/mol. The number of alkyl carbamates (subject to hydrolysis) is 1. The molecule has 18 heavy (non-hydrogen) atoms. The van der Waals surface area contributed by atoms with Crippen LogP contribution in [0, 0.1) is 5.92 Å². The van der Waals surface area contributed by atoms with Crippen molar-refractivity contribution in [2.24, 2.45) is 5.92 Å². The van der Waals surface area contributed by atoms with E-state index < -0.39 is 29.6 Å². The lowest BCUT2D eigenvalue weighted by Gasteiger charge is -2.30. The summed E-state index contributed by atoms with van der Waals surface area (Å²) in [5.74, 6) is -2.36. The molecule has 0 saturated carbocycles. The second-order valence-corrected chi connectivity index (χ2v) is 5.21. The number of carbonyl (C=O) groups is 3. The number of carboxylic acids is 1. The van der Waals surface area contributed by atoms with Crippen LogP contribution in [0.3, 0.4) is 0 Å². The summed E-state index contributed by atoms with van der Waals surface area (Å²) < 4.78 is 5.04. The zero-order valence-electron chi connectivity index (χ0n) is 10.6. The van der Waals surface area contributed by atoms with Gasteiger partial charge in [0.25, 0.3) is 0 Å². The predicted octanol–water partition coefficient (Wildman–Crippen LogP) is 0.100. The van der Waals surface area contributed by atoms with Crippen molar-refractivity contribution in [1.82, 2.24) is 10.6 Å². The minimum Gasteiger partial charge on any atom is -0.481 e. The molecule has 3 N–H and O–H groups in total. The van der Waals surface area contributed by atoms with E-state index in [1.165, 1.54) is 0 Å². The first-order chi connectivity index (χ1) is 8.19. The smallest absolute Gasteiger partial charge is 0.407 e. The van der Waals surface area contributed by atoms with Gasteiger partial charge < -0.3 is 20.5 Å². The largest absolute Gasteiger partial charge is 0.481 e. The number of hydrogen-bond donors (Lipinski definition) is 3. The van der Waals surface area contributed by atoms with Gasteiger partial charge in [-0.05, 0) is 20.8 Å². The molecule has 0 radical (unpaired) electrons. The van der Waals surface area contributed by atoms with Gasteiger partial charge in [-0.3, -0.25) is 9.59 Å². The molecule has 1 fully saturated rings. The predicted molar refractivity (Wildman–Crippen MR) is 61.9 cm³/mol. The Balaban J connectivity index is 2.61. The Morgan fingerprint density at radius 1 is 1.44 bits per heavy atom. The maximum absolute atomic E-state index is 11.5. The summed E-state index contributed by atoms with van der Waals surface area (Å²) in [6.07, 6.45) is -0.828. The molecule has 2 unspecified atom stereocenters. The van der Waals surface area contributed by atoms with E-state index in [1.807, 2.05) is 0 Å². The van der Waals surface area contributed by atoms with E-state index in [2.05, 4.69) is 10.6 Å². The molecule has 1 heterocycles. The lowest BCUT2D eigenvalue weighted by Crippen LogP contribution is -2.55. The van der Waals surface area contributed by atoms with Gasteiger partial charge in [0.15, 0.2) is 0 Å². The summed E-state index contributed by atoms with van der Waals surface area (Å²) in [7, 11) is 0. The van der Waals surface area contributed by atoms with Crippen molar-refractivity contribution < 1.29 is 24.2 Å². The fourth-order valence-electron chi connectivity index (χ4n) is 1.65. The van der Waals surface area contributed by atoms with E-state index in [4.69, 9.17) is 9.84 Å². The summed E-state index contributed by atoms with van der Waals surface area (Å²) in [4.78, 5) is 33.7. The summed E-state index contributed by atoms with van der Waals surface area (Å²) in [6, 6.07) is -0.657. The van der Waals surface area contributed by atoms with Crippen molar-refractivity contribution in [3.05, 3.63) is 0 Å². The van der Waals surface area contributed by atoms with Crippen LogP contribution >= 0.6 is 0 Å². The highest BCUT2D eigenvalue weighted by atomic mass is 16.6. The van der Waals surface area contributed by atoms with E-state index in [1.54, 1.807) is 20.8 Å². The molecule has 1 aliphatic rings. The number of aliphatic carboxylic acids is 1. The Bertz CT molecular complexity index is 361. The molecule has 0 bridgehead atoms.